The van der Waals surface area contributed by atoms with E-state index < -0.39 is 5.97 Å². The predicted octanol–water partition coefficient (Wildman–Crippen LogP) is 2.77. The lowest BCUT2D eigenvalue weighted by Gasteiger charge is -2.09. The second kappa shape index (κ2) is 10.2. The van der Waals surface area contributed by atoms with Crippen LogP contribution in [0.1, 0.15) is 32.7 Å². The van der Waals surface area contributed by atoms with Crippen molar-refractivity contribution < 1.29 is 24.2 Å². The molecule has 2 rings (SSSR count). The van der Waals surface area contributed by atoms with Crippen molar-refractivity contribution in [3.05, 3.63) is 65.2 Å². The summed E-state index contributed by atoms with van der Waals surface area (Å²) in [5, 5.41) is 11.8. The minimum Gasteiger partial charge on any atom is -0.493 e. The quantitative estimate of drug-likeness (QED) is 0.639. The fraction of sp³-hybridized carbons (Fsp3) is 0.300. The minimum atomic E-state index is -0.960. The number of ether oxygens (including phenoxy) is 2. The number of carbonyl (C=O) groups is 2. The Hall–Kier alpha value is -2.86. The van der Waals surface area contributed by atoms with E-state index in [9.17, 15) is 9.59 Å². The van der Waals surface area contributed by atoms with Gasteiger partial charge in [0.25, 0.3) is 5.91 Å². The second-order valence-electron chi connectivity index (χ2n) is 5.73. The van der Waals surface area contributed by atoms with E-state index in [2.05, 4.69) is 5.32 Å². The summed E-state index contributed by atoms with van der Waals surface area (Å²) in [7, 11) is 1.64. The lowest BCUT2D eigenvalue weighted by atomic mass is 10.1. The normalized spacial score (nSPS) is 10.3. The Balaban J connectivity index is 1.84. The molecule has 0 unspecified atom stereocenters. The van der Waals surface area contributed by atoms with Crippen molar-refractivity contribution in [2.45, 2.75) is 12.8 Å². The fourth-order valence-electron chi connectivity index (χ4n) is 2.40. The topological polar surface area (TPSA) is 84.9 Å². The van der Waals surface area contributed by atoms with Gasteiger partial charge in [-0.15, -0.1) is 0 Å². The molecule has 0 aliphatic rings. The fourth-order valence-corrected chi connectivity index (χ4v) is 2.40. The molecule has 0 radical (unpaired) electrons. The van der Waals surface area contributed by atoms with E-state index in [-0.39, 0.29) is 11.5 Å². The molecule has 0 aliphatic heterocycles. The average molecular weight is 357 g/mol. The monoisotopic (exact) mass is 357 g/mol. The van der Waals surface area contributed by atoms with Gasteiger partial charge in [0.05, 0.1) is 12.2 Å². The number of hydrogen-bond acceptors (Lipinski definition) is 4. The largest absolute Gasteiger partial charge is 0.493 e. The van der Waals surface area contributed by atoms with Crippen LogP contribution >= 0.6 is 0 Å². The number of carboxylic acids is 1. The molecule has 0 saturated carbocycles. The van der Waals surface area contributed by atoms with Crippen LogP contribution in [0.15, 0.2) is 48.5 Å². The van der Waals surface area contributed by atoms with Crippen molar-refractivity contribution in [3.8, 4) is 5.75 Å². The Morgan fingerprint density at radius 2 is 1.81 bits per heavy atom. The molecule has 2 aromatic rings. The standard InChI is InChI=1S/C20H23NO5/c1-25-11-4-12-26-18-8-3-6-16(14-18)19(22)21-10-9-15-5-2-7-17(13-15)20(23)24/h2-3,5-8,13-14H,4,9-12H2,1H3,(H,21,22)(H,23,24). The van der Waals surface area contributed by atoms with E-state index in [1.165, 1.54) is 0 Å². The number of methoxy groups -OCH3 is 1. The van der Waals surface area contributed by atoms with Crippen molar-refractivity contribution in [1.82, 2.24) is 5.32 Å². The molecule has 0 spiro atoms. The molecular formula is C20H23NO5. The molecule has 1 amide bonds. The van der Waals surface area contributed by atoms with E-state index in [0.29, 0.717) is 37.5 Å². The van der Waals surface area contributed by atoms with Crippen molar-refractivity contribution in [1.29, 1.82) is 0 Å². The highest BCUT2D eigenvalue weighted by molar-refractivity contribution is 5.94. The Morgan fingerprint density at radius 1 is 1.04 bits per heavy atom. The summed E-state index contributed by atoms with van der Waals surface area (Å²) >= 11 is 0. The summed E-state index contributed by atoms with van der Waals surface area (Å²) in [5.41, 5.74) is 1.63. The average Bonchev–Trinajstić information content (AvgIpc) is 2.65. The van der Waals surface area contributed by atoms with Crippen molar-refractivity contribution >= 4 is 11.9 Å². The van der Waals surface area contributed by atoms with Crippen LogP contribution in [0.3, 0.4) is 0 Å². The molecule has 2 N–H and O–H groups in total. The Kier molecular flexibility index (Phi) is 7.64. The zero-order chi connectivity index (χ0) is 18.8. The molecule has 0 aromatic heterocycles. The van der Waals surface area contributed by atoms with Crippen LogP contribution in [0.2, 0.25) is 0 Å². The first kappa shape index (κ1) is 19.5. The van der Waals surface area contributed by atoms with Gasteiger partial charge in [0, 0.05) is 32.2 Å². The van der Waals surface area contributed by atoms with E-state index in [1.807, 2.05) is 6.07 Å². The maximum Gasteiger partial charge on any atom is 0.335 e. The van der Waals surface area contributed by atoms with Crippen molar-refractivity contribution in [2.24, 2.45) is 0 Å². The lowest BCUT2D eigenvalue weighted by molar-refractivity contribution is 0.0696. The SMILES string of the molecule is COCCCOc1cccc(C(=O)NCCc2cccc(C(=O)O)c2)c1. The number of hydrogen-bond donors (Lipinski definition) is 2. The zero-order valence-electron chi connectivity index (χ0n) is 14.7. The third-order valence-electron chi connectivity index (χ3n) is 3.73. The molecule has 0 atom stereocenters. The van der Waals surface area contributed by atoms with Gasteiger partial charge in [-0.1, -0.05) is 18.2 Å². The molecule has 0 fully saturated rings. The van der Waals surface area contributed by atoms with E-state index in [4.69, 9.17) is 14.6 Å². The van der Waals surface area contributed by atoms with Gasteiger partial charge in [-0.25, -0.2) is 4.79 Å². The number of rotatable bonds is 10. The maximum absolute atomic E-state index is 12.3. The molecule has 0 saturated heterocycles. The molecule has 6 heteroatoms. The highest BCUT2D eigenvalue weighted by Gasteiger charge is 2.07. The van der Waals surface area contributed by atoms with E-state index in [0.717, 1.165) is 12.0 Å². The van der Waals surface area contributed by atoms with Crippen molar-refractivity contribution in [3.63, 3.8) is 0 Å². The molecule has 138 valence electrons. The number of nitrogens with one attached hydrogen (secondary N) is 1. The summed E-state index contributed by atoms with van der Waals surface area (Å²) in [6.07, 6.45) is 1.34. The Bertz CT molecular complexity index is 744. The van der Waals surface area contributed by atoms with Crippen LogP contribution in [-0.2, 0) is 11.2 Å². The summed E-state index contributed by atoms with van der Waals surface area (Å²) in [5.74, 6) is -0.511. The number of carbonyl (C=O) groups excluding carboxylic acids is 1. The number of benzene rings is 2. The smallest absolute Gasteiger partial charge is 0.335 e. The third kappa shape index (κ3) is 6.22. The third-order valence-corrected chi connectivity index (χ3v) is 3.73. The van der Waals surface area contributed by atoms with Gasteiger partial charge in [0.1, 0.15) is 5.75 Å². The van der Waals surface area contributed by atoms with Crippen LogP contribution in [0.4, 0.5) is 0 Å². The first-order valence-corrected chi connectivity index (χ1v) is 8.42. The van der Waals surface area contributed by atoms with Gasteiger partial charge >= 0.3 is 5.97 Å². The summed E-state index contributed by atoms with van der Waals surface area (Å²) in [6, 6.07) is 13.7. The van der Waals surface area contributed by atoms with Crippen LogP contribution in [-0.4, -0.2) is 43.9 Å². The zero-order valence-corrected chi connectivity index (χ0v) is 14.7. The van der Waals surface area contributed by atoms with Gasteiger partial charge in [-0.3, -0.25) is 4.79 Å². The van der Waals surface area contributed by atoms with Gasteiger partial charge in [0.15, 0.2) is 0 Å². The van der Waals surface area contributed by atoms with Gasteiger partial charge < -0.3 is 19.9 Å². The molecule has 0 bridgehead atoms. The molecule has 0 heterocycles. The summed E-state index contributed by atoms with van der Waals surface area (Å²) in [4.78, 5) is 23.2. The Labute approximate surface area is 152 Å². The molecule has 0 aliphatic carbocycles. The molecule has 2 aromatic carbocycles. The molecular weight excluding hydrogens is 334 g/mol. The second-order valence-corrected chi connectivity index (χ2v) is 5.73. The molecule has 6 nitrogen and oxygen atoms in total. The number of amides is 1. The summed E-state index contributed by atoms with van der Waals surface area (Å²) < 4.78 is 10.6. The van der Waals surface area contributed by atoms with Crippen LogP contribution in [0.5, 0.6) is 5.75 Å². The number of aromatic carboxylic acids is 1. The van der Waals surface area contributed by atoms with Crippen LogP contribution < -0.4 is 10.1 Å². The van der Waals surface area contributed by atoms with Crippen molar-refractivity contribution in [2.75, 3.05) is 26.9 Å². The van der Waals surface area contributed by atoms with E-state index >= 15 is 0 Å². The number of carboxylic acid groups (broad SMARTS) is 1. The maximum atomic E-state index is 12.3. The predicted molar refractivity (Wildman–Crippen MR) is 97.9 cm³/mol. The van der Waals surface area contributed by atoms with Gasteiger partial charge in [-0.05, 0) is 42.3 Å². The van der Waals surface area contributed by atoms with Gasteiger partial charge in [-0.2, -0.15) is 0 Å². The van der Waals surface area contributed by atoms with Crippen LogP contribution in [0.25, 0.3) is 0 Å². The molecule has 26 heavy (non-hydrogen) atoms. The van der Waals surface area contributed by atoms with Crippen LogP contribution in [0, 0.1) is 0 Å². The lowest BCUT2D eigenvalue weighted by Crippen LogP contribution is -2.25. The first-order chi connectivity index (χ1) is 12.6. The van der Waals surface area contributed by atoms with Gasteiger partial charge in [0.2, 0.25) is 0 Å². The Morgan fingerprint density at radius 3 is 2.58 bits per heavy atom. The summed E-state index contributed by atoms with van der Waals surface area (Å²) in [6.45, 7) is 1.57. The van der Waals surface area contributed by atoms with E-state index in [1.54, 1.807) is 49.6 Å². The highest BCUT2D eigenvalue weighted by Crippen LogP contribution is 2.13. The minimum absolute atomic E-state index is 0.193. The first-order valence-electron chi connectivity index (χ1n) is 8.42. The highest BCUT2D eigenvalue weighted by atomic mass is 16.5.